The molecule has 3 N–H and O–H groups in total. The number of esters is 1. The number of hydrogen-bond donors (Lipinski definition) is 2. The summed E-state index contributed by atoms with van der Waals surface area (Å²) in [5, 5.41) is 13.2. The normalized spacial score (nSPS) is 15.1. The maximum atomic E-state index is 13.4. The average molecular weight is 459 g/mol. The van der Waals surface area contributed by atoms with E-state index in [1.807, 2.05) is 0 Å². The fourth-order valence-electron chi connectivity index (χ4n) is 3.69. The topological polar surface area (TPSA) is 159 Å². The minimum Gasteiger partial charge on any atom is -0.453 e. The Morgan fingerprint density at radius 1 is 1.00 bits per heavy atom. The molecule has 0 fully saturated rings. The fraction of sp³-hybridized carbons (Fsp3) is 0.0833. The van der Waals surface area contributed by atoms with Gasteiger partial charge < -0.3 is 15.8 Å². The van der Waals surface area contributed by atoms with Gasteiger partial charge in [-0.3, -0.25) is 24.5 Å². The number of cyclic esters (lactones) is 1. The molecule has 1 aliphatic heterocycles. The van der Waals surface area contributed by atoms with Crippen molar-refractivity contribution in [1.82, 2.24) is 0 Å². The number of ketones is 2. The van der Waals surface area contributed by atoms with E-state index in [0.29, 0.717) is 5.56 Å². The van der Waals surface area contributed by atoms with Crippen LogP contribution in [-0.4, -0.2) is 28.4 Å². The van der Waals surface area contributed by atoms with E-state index in [4.69, 9.17) is 10.5 Å². The Morgan fingerprint density at radius 2 is 1.71 bits per heavy atom. The number of Topliss-reactive ketones (excluding diaryl/α,β-unsaturated/α-hetero) is 2. The molecule has 10 heteroatoms. The van der Waals surface area contributed by atoms with Crippen molar-refractivity contribution in [3.05, 3.63) is 99.6 Å². The summed E-state index contributed by atoms with van der Waals surface area (Å²) in [5.74, 6) is -5.41. The zero-order valence-electron chi connectivity index (χ0n) is 17.5. The highest BCUT2D eigenvalue weighted by Crippen LogP contribution is 2.38. The molecule has 1 amide bonds. The van der Waals surface area contributed by atoms with Gasteiger partial charge in [0.2, 0.25) is 5.78 Å². The average Bonchev–Trinajstić information content (AvgIpc) is 3.15. The van der Waals surface area contributed by atoms with Gasteiger partial charge in [-0.15, -0.1) is 0 Å². The molecular formula is C24H17N3O7. The van der Waals surface area contributed by atoms with Gasteiger partial charge in [0, 0.05) is 34.6 Å². The molecule has 0 saturated carbocycles. The number of amides is 1. The van der Waals surface area contributed by atoms with E-state index in [1.54, 1.807) is 24.3 Å². The van der Waals surface area contributed by atoms with Gasteiger partial charge in [0.25, 0.3) is 11.6 Å². The predicted molar refractivity (Wildman–Crippen MR) is 120 cm³/mol. The molecule has 3 aromatic carbocycles. The molecule has 1 heterocycles. The molecule has 0 radical (unpaired) electrons. The van der Waals surface area contributed by atoms with E-state index in [0.717, 1.165) is 12.1 Å². The SMILES string of the molecule is Nc1cccc(C(=O)[C@H](C(=O)C(=O)Nc2ccc([N+](=O)[O-])cc2)[C@@H]2OC(=O)c3ccccc32)c1. The third-order valence-electron chi connectivity index (χ3n) is 5.32. The number of nitrogens with two attached hydrogens (primary N) is 1. The molecule has 2 atom stereocenters. The molecule has 1 aliphatic rings. The van der Waals surface area contributed by atoms with Crippen LogP contribution in [-0.2, 0) is 14.3 Å². The lowest BCUT2D eigenvalue weighted by atomic mass is 9.84. The number of rotatable bonds is 7. The smallest absolute Gasteiger partial charge is 0.339 e. The van der Waals surface area contributed by atoms with E-state index in [-0.39, 0.29) is 28.2 Å². The number of non-ortho nitro benzene ring substituents is 1. The number of carbonyl (C=O) groups excluding carboxylic acids is 4. The van der Waals surface area contributed by atoms with Crippen molar-refractivity contribution in [3.63, 3.8) is 0 Å². The highest BCUT2D eigenvalue weighted by atomic mass is 16.6. The van der Waals surface area contributed by atoms with Gasteiger partial charge in [-0.1, -0.05) is 30.3 Å². The Hall–Kier alpha value is -4.86. The lowest BCUT2D eigenvalue weighted by Crippen LogP contribution is -2.38. The van der Waals surface area contributed by atoms with Gasteiger partial charge in [-0.25, -0.2) is 4.79 Å². The van der Waals surface area contributed by atoms with E-state index >= 15 is 0 Å². The van der Waals surface area contributed by atoms with Gasteiger partial charge in [-0.2, -0.15) is 0 Å². The molecule has 34 heavy (non-hydrogen) atoms. The summed E-state index contributed by atoms with van der Waals surface area (Å²) in [5.41, 5.74) is 6.54. The van der Waals surface area contributed by atoms with Crippen LogP contribution in [0.4, 0.5) is 17.1 Å². The standard InChI is InChI=1S/C24H17N3O7/c25-14-5-3-4-13(12-14)20(28)19(22-17-6-1-2-7-18(17)24(31)34-22)21(29)23(30)26-15-8-10-16(11-9-15)27(32)33/h1-12,19,22H,25H2,(H,26,30)/t19-,22-/m1/s1. The number of anilines is 2. The third-order valence-corrected chi connectivity index (χ3v) is 5.32. The van der Waals surface area contributed by atoms with E-state index in [9.17, 15) is 29.3 Å². The van der Waals surface area contributed by atoms with Gasteiger partial charge in [-0.05, 0) is 30.3 Å². The van der Waals surface area contributed by atoms with Crippen molar-refractivity contribution in [3.8, 4) is 0 Å². The summed E-state index contributed by atoms with van der Waals surface area (Å²) in [6.45, 7) is 0. The number of carbonyl (C=O) groups is 4. The number of fused-ring (bicyclic) bond motifs is 1. The van der Waals surface area contributed by atoms with Crippen LogP contribution in [0.5, 0.6) is 0 Å². The Kier molecular flexibility index (Phi) is 5.88. The van der Waals surface area contributed by atoms with Crippen LogP contribution in [0.3, 0.4) is 0 Å². The van der Waals surface area contributed by atoms with Crippen molar-refractivity contribution >= 4 is 40.5 Å². The number of nitrogen functional groups attached to an aromatic ring is 1. The largest absolute Gasteiger partial charge is 0.453 e. The summed E-state index contributed by atoms with van der Waals surface area (Å²) in [7, 11) is 0. The molecule has 10 nitrogen and oxygen atoms in total. The van der Waals surface area contributed by atoms with E-state index in [1.165, 1.54) is 36.4 Å². The van der Waals surface area contributed by atoms with Crippen molar-refractivity contribution in [2.75, 3.05) is 11.1 Å². The molecular weight excluding hydrogens is 442 g/mol. The highest BCUT2D eigenvalue weighted by molar-refractivity contribution is 6.45. The van der Waals surface area contributed by atoms with Crippen LogP contribution >= 0.6 is 0 Å². The third kappa shape index (κ3) is 4.24. The van der Waals surface area contributed by atoms with Crippen LogP contribution in [0, 0.1) is 16.0 Å². The Balaban J connectivity index is 1.68. The first-order valence-corrected chi connectivity index (χ1v) is 10.1. The van der Waals surface area contributed by atoms with Gasteiger partial charge in [0.05, 0.1) is 10.5 Å². The number of hydrogen-bond acceptors (Lipinski definition) is 8. The number of benzene rings is 3. The van der Waals surface area contributed by atoms with Gasteiger partial charge in [0.15, 0.2) is 5.78 Å². The highest BCUT2D eigenvalue weighted by Gasteiger charge is 2.46. The number of nitrogens with zero attached hydrogens (tertiary/aromatic N) is 1. The van der Waals surface area contributed by atoms with Gasteiger partial charge >= 0.3 is 5.97 Å². The van der Waals surface area contributed by atoms with Crippen LogP contribution in [0.1, 0.15) is 32.4 Å². The molecule has 0 aliphatic carbocycles. The summed E-state index contributed by atoms with van der Waals surface area (Å²) < 4.78 is 5.36. The summed E-state index contributed by atoms with van der Waals surface area (Å²) in [6, 6.07) is 17.0. The second kappa shape index (κ2) is 8.94. The maximum absolute atomic E-state index is 13.4. The predicted octanol–water partition coefficient (Wildman–Crippen LogP) is 3.10. The second-order valence-electron chi connectivity index (χ2n) is 7.50. The summed E-state index contributed by atoms with van der Waals surface area (Å²) in [6.07, 6.45) is -1.31. The van der Waals surface area contributed by atoms with Crippen molar-refractivity contribution in [2.24, 2.45) is 5.92 Å². The fourth-order valence-corrected chi connectivity index (χ4v) is 3.69. The molecule has 0 saturated heterocycles. The monoisotopic (exact) mass is 459 g/mol. The van der Waals surface area contributed by atoms with Crippen molar-refractivity contribution in [1.29, 1.82) is 0 Å². The first-order chi connectivity index (χ1) is 16.3. The van der Waals surface area contributed by atoms with Gasteiger partial charge in [0.1, 0.15) is 12.0 Å². The first kappa shape index (κ1) is 22.3. The van der Waals surface area contributed by atoms with E-state index < -0.39 is 40.4 Å². The van der Waals surface area contributed by atoms with Crippen LogP contribution in [0.2, 0.25) is 0 Å². The number of nitrogens with one attached hydrogen (secondary N) is 1. The second-order valence-corrected chi connectivity index (χ2v) is 7.50. The van der Waals surface area contributed by atoms with Crippen molar-refractivity contribution < 1.29 is 28.8 Å². The van der Waals surface area contributed by atoms with Crippen LogP contribution < -0.4 is 11.1 Å². The molecule has 0 bridgehead atoms. The zero-order valence-corrected chi connectivity index (χ0v) is 17.5. The van der Waals surface area contributed by atoms with Crippen LogP contribution in [0.25, 0.3) is 0 Å². The van der Waals surface area contributed by atoms with Crippen molar-refractivity contribution in [2.45, 2.75) is 6.10 Å². The molecule has 170 valence electrons. The molecule has 4 rings (SSSR count). The molecule has 0 aromatic heterocycles. The molecule has 0 unspecified atom stereocenters. The first-order valence-electron chi connectivity index (χ1n) is 10.1. The summed E-state index contributed by atoms with van der Waals surface area (Å²) in [4.78, 5) is 62.0. The molecule has 0 spiro atoms. The Bertz CT molecular complexity index is 1330. The minimum atomic E-state index is -1.67. The quantitative estimate of drug-likeness (QED) is 0.104. The minimum absolute atomic E-state index is 0.0712. The maximum Gasteiger partial charge on any atom is 0.339 e. The Morgan fingerprint density at radius 3 is 2.38 bits per heavy atom. The number of nitro benzene ring substituents is 1. The Labute approximate surface area is 192 Å². The summed E-state index contributed by atoms with van der Waals surface area (Å²) >= 11 is 0. The molecule has 3 aromatic rings. The zero-order chi connectivity index (χ0) is 24.4. The lowest BCUT2D eigenvalue weighted by molar-refractivity contribution is -0.384. The van der Waals surface area contributed by atoms with E-state index in [2.05, 4.69) is 5.32 Å². The van der Waals surface area contributed by atoms with Crippen LogP contribution in [0.15, 0.2) is 72.8 Å². The number of nitro groups is 1. The number of ether oxygens (including phenoxy) is 1. The lowest BCUT2D eigenvalue weighted by Gasteiger charge is -2.21.